The number of anilines is 1. The molecule has 0 aliphatic heterocycles. The van der Waals surface area contributed by atoms with Crippen molar-refractivity contribution in [1.82, 2.24) is 9.55 Å². The standard InChI is InChI=1S/C20H25N3O3/c1-14-22-19-9-17(7-8-20(19)23(14)18(11-24)12-25)21-10-15-3-5-16(6-4-15)13-26-2/h3-9,18,21,24-25H,10-13H2,1-2H3. The number of methoxy groups -OCH3 is 1. The first-order valence-corrected chi connectivity index (χ1v) is 8.67. The highest BCUT2D eigenvalue weighted by molar-refractivity contribution is 5.80. The van der Waals surface area contributed by atoms with Crippen LogP contribution in [-0.4, -0.2) is 40.1 Å². The molecule has 26 heavy (non-hydrogen) atoms. The predicted octanol–water partition coefficient (Wildman–Crippen LogP) is 2.63. The van der Waals surface area contributed by atoms with Gasteiger partial charge < -0.3 is 24.8 Å². The zero-order chi connectivity index (χ0) is 18.5. The fraction of sp³-hybridized carbons (Fsp3) is 0.350. The quantitative estimate of drug-likeness (QED) is 0.579. The molecule has 2 aromatic carbocycles. The number of aliphatic hydroxyl groups excluding tert-OH is 2. The van der Waals surface area contributed by atoms with Gasteiger partial charge in [-0.25, -0.2) is 4.98 Å². The van der Waals surface area contributed by atoms with Crippen LogP contribution >= 0.6 is 0 Å². The maximum atomic E-state index is 9.47. The molecule has 1 heterocycles. The van der Waals surface area contributed by atoms with Gasteiger partial charge in [-0.1, -0.05) is 24.3 Å². The first-order valence-electron chi connectivity index (χ1n) is 8.67. The van der Waals surface area contributed by atoms with Crippen molar-refractivity contribution in [2.24, 2.45) is 0 Å². The molecule has 0 amide bonds. The Bertz CT molecular complexity index is 855. The van der Waals surface area contributed by atoms with E-state index in [2.05, 4.69) is 34.6 Å². The molecule has 3 rings (SSSR count). The summed E-state index contributed by atoms with van der Waals surface area (Å²) in [4.78, 5) is 4.56. The van der Waals surface area contributed by atoms with Gasteiger partial charge in [0.25, 0.3) is 0 Å². The molecule has 0 aliphatic rings. The molecule has 1 aromatic heterocycles. The summed E-state index contributed by atoms with van der Waals surface area (Å²) in [6.07, 6.45) is 0. The average Bonchev–Trinajstić information content (AvgIpc) is 2.98. The lowest BCUT2D eigenvalue weighted by molar-refractivity contribution is 0.155. The van der Waals surface area contributed by atoms with Gasteiger partial charge in [0.15, 0.2) is 0 Å². The number of ether oxygens (including phenoxy) is 1. The SMILES string of the molecule is COCc1ccc(CNc2ccc3c(c2)nc(C)n3C(CO)CO)cc1. The summed E-state index contributed by atoms with van der Waals surface area (Å²) in [5, 5.41) is 22.4. The maximum Gasteiger partial charge on any atom is 0.107 e. The smallest absolute Gasteiger partial charge is 0.107 e. The van der Waals surface area contributed by atoms with E-state index < -0.39 is 0 Å². The van der Waals surface area contributed by atoms with Gasteiger partial charge in [-0.2, -0.15) is 0 Å². The van der Waals surface area contributed by atoms with E-state index in [-0.39, 0.29) is 19.3 Å². The second kappa shape index (κ2) is 8.31. The third-order valence-corrected chi connectivity index (χ3v) is 4.48. The number of aliphatic hydroxyl groups is 2. The molecule has 0 fully saturated rings. The molecule has 0 unspecified atom stereocenters. The van der Waals surface area contributed by atoms with E-state index >= 15 is 0 Å². The number of imidazole rings is 1. The number of hydrogen-bond donors (Lipinski definition) is 3. The van der Waals surface area contributed by atoms with Gasteiger partial charge in [0.1, 0.15) is 5.82 Å². The van der Waals surface area contributed by atoms with E-state index in [9.17, 15) is 10.2 Å². The molecule has 0 bridgehead atoms. The number of benzene rings is 2. The third kappa shape index (κ3) is 3.88. The van der Waals surface area contributed by atoms with Crippen molar-refractivity contribution in [2.75, 3.05) is 25.6 Å². The van der Waals surface area contributed by atoms with Crippen LogP contribution in [0.1, 0.15) is 23.0 Å². The summed E-state index contributed by atoms with van der Waals surface area (Å²) in [5.74, 6) is 0.777. The zero-order valence-corrected chi connectivity index (χ0v) is 15.1. The minimum atomic E-state index is -0.371. The van der Waals surface area contributed by atoms with Crippen molar-refractivity contribution in [3.05, 3.63) is 59.4 Å². The Morgan fingerprint density at radius 2 is 1.77 bits per heavy atom. The van der Waals surface area contributed by atoms with Crippen molar-refractivity contribution in [1.29, 1.82) is 0 Å². The second-order valence-corrected chi connectivity index (χ2v) is 6.35. The largest absolute Gasteiger partial charge is 0.394 e. The lowest BCUT2D eigenvalue weighted by atomic mass is 10.1. The Kier molecular flexibility index (Phi) is 5.88. The second-order valence-electron chi connectivity index (χ2n) is 6.35. The van der Waals surface area contributed by atoms with Crippen LogP contribution in [0.2, 0.25) is 0 Å². The number of hydrogen-bond acceptors (Lipinski definition) is 5. The Balaban J connectivity index is 1.75. The van der Waals surface area contributed by atoms with E-state index in [1.807, 2.05) is 29.7 Å². The normalized spacial score (nSPS) is 11.4. The lowest BCUT2D eigenvalue weighted by Crippen LogP contribution is -2.18. The Morgan fingerprint density at radius 3 is 2.42 bits per heavy atom. The molecule has 0 saturated carbocycles. The molecule has 6 nitrogen and oxygen atoms in total. The third-order valence-electron chi connectivity index (χ3n) is 4.48. The first kappa shape index (κ1) is 18.4. The van der Waals surface area contributed by atoms with Crippen molar-refractivity contribution < 1.29 is 14.9 Å². The summed E-state index contributed by atoms with van der Waals surface area (Å²) in [5.41, 5.74) is 5.07. The van der Waals surface area contributed by atoms with Gasteiger partial charge in [-0.15, -0.1) is 0 Å². The monoisotopic (exact) mass is 355 g/mol. The first-order chi connectivity index (χ1) is 12.7. The Hall–Kier alpha value is -2.41. The minimum Gasteiger partial charge on any atom is -0.394 e. The number of nitrogens with one attached hydrogen (secondary N) is 1. The van der Waals surface area contributed by atoms with Crippen molar-refractivity contribution in [2.45, 2.75) is 26.1 Å². The molecular weight excluding hydrogens is 330 g/mol. The van der Waals surface area contributed by atoms with Crippen LogP contribution in [0.15, 0.2) is 42.5 Å². The number of rotatable bonds is 8. The van der Waals surface area contributed by atoms with E-state index in [0.717, 1.165) is 28.1 Å². The molecule has 3 aromatic rings. The van der Waals surface area contributed by atoms with Gasteiger partial charge in [0, 0.05) is 19.3 Å². The van der Waals surface area contributed by atoms with Crippen molar-refractivity contribution >= 4 is 16.7 Å². The molecule has 0 radical (unpaired) electrons. The number of nitrogens with zero attached hydrogens (tertiary/aromatic N) is 2. The van der Waals surface area contributed by atoms with Crippen LogP contribution < -0.4 is 5.32 Å². The summed E-state index contributed by atoms with van der Waals surface area (Å²) in [7, 11) is 1.69. The molecule has 138 valence electrons. The Labute approximate surface area is 153 Å². The fourth-order valence-corrected chi connectivity index (χ4v) is 3.14. The van der Waals surface area contributed by atoms with E-state index in [1.54, 1.807) is 7.11 Å². The van der Waals surface area contributed by atoms with Gasteiger partial charge in [0.05, 0.1) is 36.9 Å². The minimum absolute atomic E-state index is 0.123. The lowest BCUT2D eigenvalue weighted by Gasteiger charge is -2.16. The van der Waals surface area contributed by atoms with Gasteiger partial charge in [-0.05, 0) is 36.2 Å². The maximum absolute atomic E-state index is 9.47. The van der Waals surface area contributed by atoms with Crippen LogP contribution in [0.3, 0.4) is 0 Å². The molecule has 0 spiro atoms. The highest BCUT2D eigenvalue weighted by Gasteiger charge is 2.15. The van der Waals surface area contributed by atoms with Crippen LogP contribution in [0.4, 0.5) is 5.69 Å². The fourth-order valence-electron chi connectivity index (χ4n) is 3.14. The van der Waals surface area contributed by atoms with Gasteiger partial charge in [0.2, 0.25) is 0 Å². The average molecular weight is 355 g/mol. The van der Waals surface area contributed by atoms with Crippen molar-refractivity contribution in [3.63, 3.8) is 0 Å². The predicted molar refractivity (Wildman–Crippen MR) is 102 cm³/mol. The van der Waals surface area contributed by atoms with E-state index in [0.29, 0.717) is 13.2 Å². The molecular formula is C20H25N3O3. The molecule has 0 aliphatic carbocycles. The van der Waals surface area contributed by atoms with Crippen LogP contribution in [0.25, 0.3) is 11.0 Å². The number of aromatic nitrogens is 2. The number of aryl methyl sites for hydroxylation is 1. The van der Waals surface area contributed by atoms with E-state index in [4.69, 9.17) is 4.74 Å². The Morgan fingerprint density at radius 1 is 1.08 bits per heavy atom. The molecule has 0 saturated heterocycles. The van der Waals surface area contributed by atoms with Crippen molar-refractivity contribution in [3.8, 4) is 0 Å². The molecule has 3 N–H and O–H groups in total. The highest BCUT2D eigenvalue weighted by Crippen LogP contribution is 2.24. The topological polar surface area (TPSA) is 79.5 Å². The summed E-state index contributed by atoms with van der Waals surface area (Å²) in [6.45, 7) is 2.97. The summed E-state index contributed by atoms with van der Waals surface area (Å²) < 4.78 is 7.01. The molecule has 6 heteroatoms. The van der Waals surface area contributed by atoms with Gasteiger partial charge in [-0.3, -0.25) is 0 Å². The van der Waals surface area contributed by atoms with Gasteiger partial charge >= 0.3 is 0 Å². The van der Waals surface area contributed by atoms with Crippen LogP contribution in [0, 0.1) is 6.92 Å². The van der Waals surface area contributed by atoms with E-state index in [1.165, 1.54) is 5.56 Å². The summed E-state index contributed by atoms with van der Waals surface area (Å²) in [6, 6.07) is 13.9. The zero-order valence-electron chi connectivity index (χ0n) is 15.1. The highest BCUT2D eigenvalue weighted by atomic mass is 16.5. The van der Waals surface area contributed by atoms with Crippen LogP contribution in [-0.2, 0) is 17.9 Å². The molecule has 0 atom stereocenters. The van der Waals surface area contributed by atoms with Crippen LogP contribution in [0.5, 0.6) is 0 Å². The summed E-state index contributed by atoms with van der Waals surface area (Å²) >= 11 is 0. The number of fused-ring (bicyclic) bond motifs is 1.